The lowest BCUT2D eigenvalue weighted by molar-refractivity contribution is 0.637. The fraction of sp³-hybridized carbons (Fsp3) is 0.235. The molecule has 3 aromatic rings. The van der Waals surface area contributed by atoms with Crippen LogP contribution in [0.1, 0.15) is 17.5 Å². The molecule has 0 saturated heterocycles. The van der Waals surface area contributed by atoms with Crippen LogP contribution in [0.5, 0.6) is 0 Å². The number of aryl methyl sites for hydroxylation is 3. The standard InChI is InChI=1S/C17H16N2/c1-12-7-9-14(10-8-12)17-18-15-6-2-4-13-5-3-11-19(17)16(13)15/h2,4,6-10H,3,5,11H2,1H3. The van der Waals surface area contributed by atoms with Gasteiger partial charge >= 0.3 is 0 Å². The molecule has 0 radical (unpaired) electrons. The van der Waals surface area contributed by atoms with Gasteiger partial charge in [-0.1, -0.05) is 42.0 Å². The normalized spacial score (nSPS) is 13.9. The molecule has 2 aromatic carbocycles. The summed E-state index contributed by atoms with van der Waals surface area (Å²) in [6, 6.07) is 15.1. The van der Waals surface area contributed by atoms with Gasteiger partial charge in [0.2, 0.25) is 0 Å². The fourth-order valence-corrected chi connectivity index (χ4v) is 3.03. The summed E-state index contributed by atoms with van der Waals surface area (Å²) in [5, 5.41) is 0. The SMILES string of the molecule is Cc1ccc(-c2nc3cccc4c3n2CCC4)cc1. The van der Waals surface area contributed by atoms with E-state index < -0.39 is 0 Å². The molecule has 94 valence electrons. The van der Waals surface area contributed by atoms with Crippen LogP contribution in [0.25, 0.3) is 22.4 Å². The van der Waals surface area contributed by atoms with Crippen molar-refractivity contribution in [1.82, 2.24) is 9.55 Å². The minimum atomic E-state index is 1.08. The number of nitrogens with zero attached hydrogens (tertiary/aromatic N) is 2. The molecule has 1 aromatic heterocycles. The first-order chi connectivity index (χ1) is 9.33. The zero-order chi connectivity index (χ0) is 12.8. The van der Waals surface area contributed by atoms with Crippen molar-refractivity contribution < 1.29 is 0 Å². The number of aromatic nitrogens is 2. The second kappa shape index (κ2) is 3.95. The van der Waals surface area contributed by atoms with E-state index in [0.717, 1.165) is 17.9 Å². The molecule has 2 heterocycles. The van der Waals surface area contributed by atoms with E-state index in [1.54, 1.807) is 0 Å². The molecule has 4 rings (SSSR count). The van der Waals surface area contributed by atoms with Gasteiger partial charge in [0, 0.05) is 12.1 Å². The van der Waals surface area contributed by atoms with E-state index in [9.17, 15) is 0 Å². The third-order valence-corrected chi connectivity index (χ3v) is 3.99. The minimum Gasteiger partial charge on any atom is -0.324 e. The third-order valence-electron chi connectivity index (χ3n) is 3.99. The van der Waals surface area contributed by atoms with Crippen LogP contribution in [0.3, 0.4) is 0 Å². The molecular formula is C17H16N2. The zero-order valence-corrected chi connectivity index (χ0v) is 11.1. The first kappa shape index (κ1) is 10.8. The highest BCUT2D eigenvalue weighted by molar-refractivity contribution is 5.84. The van der Waals surface area contributed by atoms with Crippen LogP contribution in [-0.4, -0.2) is 9.55 Å². The van der Waals surface area contributed by atoms with Gasteiger partial charge in [-0.05, 0) is 31.4 Å². The lowest BCUT2D eigenvalue weighted by Gasteiger charge is -2.16. The van der Waals surface area contributed by atoms with E-state index in [1.807, 2.05) is 0 Å². The smallest absolute Gasteiger partial charge is 0.141 e. The molecule has 0 N–H and O–H groups in total. The average Bonchev–Trinajstić information content (AvgIpc) is 2.82. The topological polar surface area (TPSA) is 17.8 Å². The highest BCUT2D eigenvalue weighted by Gasteiger charge is 2.18. The van der Waals surface area contributed by atoms with Gasteiger partial charge in [-0.3, -0.25) is 0 Å². The van der Waals surface area contributed by atoms with Crippen molar-refractivity contribution in [2.24, 2.45) is 0 Å². The molecular weight excluding hydrogens is 232 g/mol. The summed E-state index contributed by atoms with van der Waals surface area (Å²) in [6.07, 6.45) is 2.39. The quantitative estimate of drug-likeness (QED) is 0.637. The van der Waals surface area contributed by atoms with Crippen molar-refractivity contribution >= 4 is 11.0 Å². The summed E-state index contributed by atoms with van der Waals surface area (Å²) in [5.41, 5.74) is 6.42. The lowest BCUT2D eigenvalue weighted by Crippen LogP contribution is -2.08. The van der Waals surface area contributed by atoms with Gasteiger partial charge < -0.3 is 4.57 Å². The number of hydrogen-bond acceptors (Lipinski definition) is 1. The van der Waals surface area contributed by atoms with Crippen molar-refractivity contribution in [2.75, 3.05) is 0 Å². The first-order valence-electron chi connectivity index (χ1n) is 6.88. The Morgan fingerprint density at radius 2 is 1.89 bits per heavy atom. The molecule has 0 saturated carbocycles. The molecule has 0 bridgehead atoms. The molecule has 2 heteroatoms. The van der Waals surface area contributed by atoms with Crippen LogP contribution in [0.2, 0.25) is 0 Å². The highest BCUT2D eigenvalue weighted by atomic mass is 15.1. The van der Waals surface area contributed by atoms with Gasteiger partial charge in [0.25, 0.3) is 0 Å². The Balaban J connectivity index is 2.01. The second-order valence-electron chi connectivity index (χ2n) is 5.34. The van der Waals surface area contributed by atoms with Gasteiger partial charge in [-0.2, -0.15) is 0 Å². The Kier molecular flexibility index (Phi) is 2.25. The van der Waals surface area contributed by atoms with Crippen molar-refractivity contribution in [3.63, 3.8) is 0 Å². The van der Waals surface area contributed by atoms with E-state index in [0.29, 0.717) is 0 Å². The number of imidazole rings is 1. The van der Waals surface area contributed by atoms with Crippen molar-refractivity contribution in [2.45, 2.75) is 26.3 Å². The van der Waals surface area contributed by atoms with E-state index in [2.05, 4.69) is 54.0 Å². The highest BCUT2D eigenvalue weighted by Crippen LogP contribution is 2.31. The molecule has 0 spiro atoms. The largest absolute Gasteiger partial charge is 0.324 e. The maximum absolute atomic E-state index is 4.85. The monoisotopic (exact) mass is 248 g/mol. The number of rotatable bonds is 1. The van der Waals surface area contributed by atoms with E-state index >= 15 is 0 Å². The Labute approximate surface area is 112 Å². The second-order valence-corrected chi connectivity index (χ2v) is 5.34. The number of para-hydroxylation sites is 1. The van der Waals surface area contributed by atoms with E-state index in [4.69, 9.17) is 4.98 Å². The number of benzene rings is 2. The molecule has 0 fully saturated rings. The summed E-state index contributed by atoms with van der Waals surface area (Å²) in [7, 11) is 0. The van der Waals surface area contributed by atoms with Crippen LogP contribution in [-0.2, 0) is 13.0 Å². The molecule has 0 aliphatic carbocycles. The minimum absolute atomic E-state index is 1.08. The maximum Gasteiger partial charge on any atom is 0.141 e. The van der Waals surface area contributed by atoms with Crippen LogP contribution in [0.15, 0.2) is 42.5 Å². The first-order valence-corrected chi connectivity index (χ1v) is 6.88. The van der Waals surface area contributed by atoms with Gasteiger partial charge in [0.15, 0.2) is 0 Å². The predicted octanol–water partition coefficient (Wildman–Crippen LogP) is 3.96. The summed E-state index contributed by atoms with van der Waals surface area (Å²) < 4.78 is 2.39. The molecule has 1 aliphatic heterocycles. The molecule has 0 amide bonds. The van der Waals surface area contributed by atoms with Crippen molar-refractivity contribution in [3.8, 4) is 11.4 Å². The Bertz CT molecular complexity index is 751. The number of hydrogen-bond donors (Lipinski definition) is 0. The molecule has 19 heavy (non-hydrogen) atoms. The summed E-state index contributed by atoms with van der Waals surface area (Å²) in [5.74, 6) is 1.11. The molecule has 0 atom stereocenters. The van der Waals surface area contributed by atoms with Crippen molar-refractivity contribution in [1.29, 1.82) is 0 Å². The van der Waals surface area contributed by atoms with Crippen molar-refractivity contribution in [3.05, 3.63) is 53.6 Å². The Hall–Kier alpha value is -2.09. The maximum atomic E-state index is 4.85. The van der Waals surface area contributed by atoms with E-state index in [-0.39, 0.29) is 0 Å². The fourth-order valence-electron chi connectivity index (χ4n) is 3.03. The molecule has 0 unspecified atom stereocenters. The van der Waals surface area contributed by atoms with Crippen LogP contribution < -0.4 is 0 Å². The van der Waals surface area contributed by atoms with Gasteiger partial charge in [0.05, 0.1) is 11.0 Å². The third kappa shape index (κ3) is 1.60. The van der Waals surface area contributed by atoms with Gasteiger partial charge in [-0.25, -0.2) is 4.98 Å². The lowest BCUT2D eigenvalue weighted by atomic mass is 10.0. The summed E-state index contributed by atoms with van der Waals surface area (Å²) in [6.45, 7) is 3.20. The molecule has 2 nitrogen and oxygen atoms in total. The van der Waals surface area contributed by atoms with Crippen LogP contribution in [0, 0.1) is 6.92 Å². The predicted molar refractivity (Wildman–Crippen MR) is 78.2 cm³/mol. The Morgan fingerprint density at radius 1 is 1.05 bits per heavy atom. The molecule has 1 aliphatic rings. The average molecular weight is 248 g/mol. The van der Waals surface area contributed by atoms with Gasteiger partial charge in [-0.15, -0.1) is 0 Å². The zero-order valence-electron chi connectivity index (χ0n) is 11.1. The summed E-state index contributed by atoms with van der Waals surface area (Å²) in [4.78, 5) is 4.85. The van der Waals surface area contributed by atoms with E-state index in [1.165, 1.54) is 35.0 Å². The van der Waals surface area contributed by atoms with Crippen LogP contribution in [0.4, 0.5) is 0 Å². The Morgan fingerprint density at radius 3 is 2.74 bits per heavy atom. The van der Waals surface area contributed by atoms with Crippen LogP contribution >= 0.6 is 0 Å². The summed E-state index contributed by atoms with van der Waals surface area (Å²) >= 11 is 0. The van der Waals surface area contributed by atoms with Gasteiger partial charge in [0.1, 0.15) is 5.82 Å².